The Labute approximate surface area is 142 Å². The van der Waals surface area contributed by atoms with E-state index in [2.05, 4.69) is 10.1 Å². The Kier molecular flexibility index (Phi) is 4.48. The van der Waals surface area contributed by atoms with Crippen molar-refractivity contribution >= 4 is 34.4 Å². The van der Waals surface area contributed by atoms with Gasteiger partial charge in [-0.2, -0.15) is 0 Å². The fourth-order valence-electron chi connectivity index (χ4n) is 2.27. The van der Waals surface area contributed by atoms with E-state index in [0.717, 1.165) is 0 Å². The second kappa shape index (κ2) is 6.72. The van der Waals surface area contributed by atoms with Crippen molar-refractivity contribution in [3.05, 3.63) is 53.1 Å². The highest BCUT2D eigenvalue weighted by Gasteiger charge is 2.22. The van der Waals surface area contributed by atoms with Crippen LogP contribution >= 0.6 is 11.6 Å². The topological polar surface area (TPSA) is 73.9 Å². The standard InChI is InChI=1S/C17H13ClN2O4/c1-22-17(21)15(20-23-2)11-7-5-9-13-14(11)19-16(24-13)10-6-3-4-8-12(10)18/h3-9H,1-2H3/b20-15+. The number of benzene rings is 2. The average molecular weight is 345 g/mol. The first-order valence-electron chi connectivity index (χ1n) is 7.00. The van der Waals surface area contributed by atoms with Crippen molar-refractivity contribution in [1.82, 2.24) is 4.98 Å². The molecular formula is C17H13ClN2O4. The summed E-state index contributed by atoms with van der Waals surface area (Å²) in [6.45, 7) is 0. The molecule has 0 atom stereocenters. The van der Waals surface area contributed by atoms with Gasteiger partial charge in [0.05, 0.1) is 17.7 Å². The van der Waals surface area contributed by atoms with Crippen molar-refractivity contribution in [1.29, 1.82) is 0 Å². The van der Waals surface area contributed by atoms with Gasteiger partial charge in [0.15, 0.2) is 11.3 Å². The molecule has 7 heteroatoms. The van der Waals surface area contributed by atoms with E-state index in [9.17, 15) is 4.79 Å². The molecule has 1 heterocycles. The zero-order chi connectivity index (χ0) is 17.1. The van der Waals surface area contributed by atoms with Crippen molar-refractivity contribution in [3.8, 4) is 11.5 Å². The lowest BCUT2D eigenvalue weighted by atomic mass is 10.1. The second-order valence-corrected chi connectivity index (χ2v) is 5.17. The number of halogens is 1. The molecule has 0 bridgehead atoms. The molecule has 0 saturated carbocycles. The number of hydrogen-bond acceptors (Lipinski definition) is 6. The van der Waals surface area contributed by atoms with Crippen LogP contribution in [0.2, 0.25) is 5.02 Å². The number of nitrogens with zero attached hydrogens (tertiary/aromatic N) is 2. The molecule has 0 N–H and O–H groups in total. The van der Waals surface area contributed by atoms with Gasteiger partial charge < -0.3 is 14.0 Å². The van der Waals surface area contributed by atoms with Crippen molar-refractivity contribution in [2.45, 2.75) is 0 Å². The summed E-state index contributed by atoms with van der Waals surface area (Å²) in [5, 5.41) is 4.27. The number of rotatable bonds is 4. The minimum absolute atomic E-state index is 0.00427. The molecule has 2 aromatic carbocycles. The lowest BCUT2D eigenvalue weighted by Gasteiger charge is -2.03. The van der Waals surface area contributed by atoms with Gasteiger partial charge in [0.25, 0.3) is 0 Å². The quantitative estimate of drug-likeness (QED) is 0.410. The van der Waals surface area contributed by atoms with Crippen LogP contribution in [0, 0.1) is 0 Å². The Hall–Kier alpha value is -2.86. The van der Waals surface area contributed by atoms with Crippen molar-refractivity contribution in [2.75, 3.05) is 14.2 Å². The summed E-state index contributed by atoms with van der Waals surface area (Å²) in [4.78, 5) is 21.2. The van der Waals surface area contributed by atoms with Gasteiger partial charge >= 0.3 is 5.97 Å². The number of fused-ring (bicyclic) bond motifs is 1. The average Bonchev–Trinajstić information content (AvgIpc) is 3.03. The number of hydrogen-bond donors (Lipinski definition) is 0. The van der Waals surface area contributed by atoms with Crippen LogP contribution in [0.5, 0.6) is 0 Å². The highest BCUT2D eigenvalue weighted by atomic mass is 35.5. The van der Waals surface area contributed by atoms with Gasteiger partial charge in [-0.15, -0.1) is 0 Å². The van der Waals surface area contributed by atoms with E-state index in [0.29, 0.717) is 33.1 Å². The number of ether oxygens (including phenoxy) is 1. The van der Waals surface area contributed by atoms with Crippen LogP contribution in [0.1, 0.15) is 5.56 Å². The Morgan fingerprint density at radius 1 is 1.17 bits per heavy atom. The first-order chi connectivity index (χ1) is 11.7. The SMILES string of the molecule is CO/N=C(/C(=O)OC)c1cccc2oc(-c3ccccc3Cl)nc12. The first-order valence-corrected chi connectivity index (χ1v) is 7.37. The summed E-state index contributed by atoms with van der Waals surface area (Å²) in [6.07, 6.45) is 0. The largest absolute Gasteiger partial charge is 0.464 e. The van der Waals surface area contributed by atoms with Crippen LogP contribution in [-0.2, 0) is 14.4 Å². The molecule has 3 aromatic rings. The number of aromatic nitrogens is 1. The molecule has 0 unspecified atom stereocenters. The number of carbonyl (C=O) groups is 1. The van der Waals surface area contributed by atoms with E-state index in [4.69, 9.17) is 25.6 Å². The monoisotopic (exact) mass is 344 g/mol. The highest BCUT2D eigenvalue weighted by Crippen LogP contribution is 2.31. The van der Waals surface area contributed by atoms with Crippen LogP contribution in [0.15, 0.2) is 52.0 Å². The van der Waals surface area contributed by atoms with Crippen LogP contribution in [0.3, 0.4) is 0 Å². The molecule has 0 radical (unpaired) electrons. The number of para-hydroxylation sites is 1. The van der Waals surface area contributed by atoms with Crippen molar-refractivity contribution in [3.63, 3.8) is 0 Å². The van der Waals surface area contributed by atoms with Gasteiger partial charge in [-0.1, -0.05) is 35.0 Å². The molecule has 0 spiro atoms. The predicted octanol–water partition coefficient (Wildman–Crippen LogP) is 3.67. The van der Waals surface area contributed by atoms with Gasteiger partial charge in [-0.25, -0.2) is 9.78 Å². The Morgan fingerprint density at radius 2 is 1.96 bits per heavy atom. The van der Waals surface area contributed by atoms with E-state index in [1.807, 2.05) is 12.1 Å². The van der Waals surface area contributed by atoms with Gasteiger partial charge in [-0.05, 0) is 24.3 Å². The molecule has 1 aromatic heterocycles. The fourth-order valence-corrected chi connectivity index (χ4v) is 2.49. The van der Waals surface area contributed by atoms with E-state index in [1.54, 1.807) is 30.3 Å². The maximum absolute atomic E-state index is 12.0. The van der Waals surface area contributed by atoms with E-state index < -0.39 is 5.97 Å². The summed E-state index contributed by atoms with van der Waals surface area (Å²) >= 11 is 6.19. The van der Waals surface area contributed by atoms with Crippen molar-refractivity contribution in [2.24, 2.45) is 5.16 Å². The molecule has 24 heavy (non-hydrogen) atoms. The van der Waals surface area contributed by atoms with Crippen LogP contribution in [-0.4, -0.2) is 30.9 Å². The Bertz CT molecular complexity index is 933. The van der Waals surface area contributed by atoms with Crippen LogP contribution in [0.25, 0.3) is 22.6 Å². The van der Waals surface area contributed by atoms with Gasteiger partial charge in [-0.3, -0.25) is 0 Å². The van der Waals surface area contributed by atoms with E-state index >= 15 is 0 Å². The number of methoxy groups -OCH3 is 1. The van der Waals surface area contributed by atoms with Gasteiger partial charge in [0, 0.05) is 5.56 Å². The van der Waals surface area contributed by atoms with Crippen LogP contribution in [0.4, 0.5) is 0 Å². The number of carbonyl (C=O) groups excluding carboxylic acids is 1. The molecular weight excluding hydrogens is 332 g/mol. The second-order valence-electron chi connectivity index (χ2n) is 4.77. The zero-order valence-electron chi connectivity index (χ0n) is 12.9. The molecule has 3 rings (SSSR count). The van der Waals surface area contributed by atoms with E-state index in [1.165, 1.54) is 14.2 Å². The molecule has 6 nitrogen and oxygen atoms in total. The fraction of sp³-hybridized carbons (Fsp3) is 0.118. The van der Waals surface area contributed by atoms with Crippen molar-refractivity contribution < 1.29 is 18.8 Å². The summed E-state index contributed by atoms with van der Waals surface area (Å²) in [5.74, 6) is -0.281. The molecule has 0 amide bonds. The number of oxazole rings is 1. The third-order valence-electron chi connectivity index (χ3n) is 3.34. The molecule has 0 aliphatic carbocycles. The smallest absolute Gasteiger partial charge is 0.360 e. The number of esters is 1. The highest BCUT2D eigenvalue weighted by molar-refractivity contribution is 6.45. The minimum Gasteiger partial charge on any atom is -0.464 e. The van der Waals surface area contributed by atoms with Crippen LogP contribution < -0.4 is 0 Å². The summed E-state index contributed by atoms with van der Waals surface area (Å²) < 4.78 is 10.5. The molecule has 0 saturated heterocycles. The van der Waals surface area contributed by atoms with E-state index in [-0.39, 0.29) is 5.71 Å². The predicted molar refractivity (Wildman–Crippen MR) is 90.0 cm³/mol. The third-order valence-corrected chi connectivity index (χ3v) is 3.67. The normalized spacial score (nSPS) is 11.5. The number of oxime groups is 1. The van der Waals surface area contributed by atoms with Gasteiger partial charge in [0.2, 0.25) is 5.89 Å². The van der Waals surface area contributed by atoms with Gasteiger partial charge in [0.1, 0.15) is 12.6 Å². The summed E-state index contributed by atoms with van der Waals surface area (Å²) in [6, 6.07) is 12.4. The lowest BCUT2D eigenvalue weighted by Crippen LogP contribution is -2.18. The summed E-state index contributed by atoms with van der Waals surface area (Å²) in [5.41, 5.74) is 2.07. The molecule has 0 aliphatic rings. The third kappa shape index (κ3) is 2.83. The molecule has 122 valence electrons. The molecule has 0 aliphatic heterocycles. The lowest BCUT2D eigenvalue weighted by molar-refractivity contribution is -0.132. The Balaban J connectivity index is 2.20. The first kappa shape index (κ1) is 16.0. The summed E-state index contributed by atoms with van der Waals surface area (Å²) in [7, 11) is 2.62. The minimum atomic E-state index is -0.633. The molecule has 0 fully saturated rings. The Morgan fingerprint density at radius 3 is 2.67 bits per heavy atom. The zero-order valence-corrected chi connectivity index (χ0v) is 13.7. The maximum atomic E-state index is 12.0. The maximum Gasteiger partial charge on any atom is 0.360 e.